The summed E-state index contributed by atoms with van der Waals surface area (Å²) in [7, 11) is 0. The van der Waals surface area contributed by atoms with Crippen molar-refractivity contribution >= 4 is 17.3 Å². The van der Waals surface area contributed by atoms with E-state index in [-0.39, 0.29) is 18.4 Å². The first-order valence-corrected chi connectivity index (χ1v) is 5.89. The Balaban J connectivity index is 1.82. The SMILES string of the molecule is Nc1cc(F)ccc1NC(=O)c1ccc2c(c1)OCO2. The number of carbonyl (C=O) groups excluding carboxylic acids is 1. The van der Waals surface area contributed by atoms with Gasteiger partial charge in [0.15, 0.2) is 11.5 Å². The fraction of sp³-hybridized carbons (Fsp3) is 0.0714. The Bertz CT molecular complexity index is 688. The van der Waals surface area contributed by atoms with Crippen molar-refractivity contribution in [1.29, 1.82) is 0 Å². The molecule has 0 atom stereocenters. The number of ether oxygens (including phenoxy) is 2. The third kappa shape index (κ3) is 2.23. The van der Waals surface area contributed by atoms with Crippen LogP contribution in [0.15, 0.2) is 36.4 Å². The van der Waals surface area contributed by atoms with Crippen LogP contribution in [0.2, 0.25) is 0 Å². The lowest BCUT2D eigenvalue weighted by Gasteiger charge is -2.08. The predicted octanol–water partition coefficient (Wildman–Crippen LogP) is 2.39. The van der Waals surface area contributed by atoms with Gasteiger partial charge in [0.05, 0.1) is 11.4 Å². The molecule has 0 spiro atoms. The summed E-state index contributed by atoms with van der Waals surface area (Å²) < 4.78 is 23.3. The van der Waals surface area contributed by atoms with E-state index in [2.05, 4.69) is 5.32 Å². The number of anilines is 2. The molecular formula is C14H11FN2O3. The Morgan fingerprint density at radius 2 is 1.95 bits per heavy atom. The van der Waals surface area contributed by atoms with Gasteiger partial charge in [-0.25, -0.2) is 4.39 Å². The monoisotopic (exact) mass is 274 g/mol. The molecule has 0 radical (unpaired) electrons. The van der Waals surface area contributed by atoms with Crippen LogP contribution in [0.4, 0.5) is 15.8 Å². The number of rotatable bonds is 2. The summed E-state index contributed by atoms with van der Waals surface area (Å²) in [4.78, 5) is 12.1. The first-order chi connectivity index (χ1) is 9.63. The van der Waals surface area contributed by atoms with Gasteiger partial charge in [-0.2, -0.15) is 0 Å². The van der Waals surface area contributed by atoms with E-state index in [4.69, 9.17) is 15.2 Å². The van der Waals surface area contributed by atoms with Crippen molar-refractivity contribution in [2.75, 3.05) is 17.8 Å². The Labute approximate surface area is 114 Å². The number of amides is 1. The molecule has 2 aromatic rings. The molecule has 5 nitrogen and oxygen atoms in total. The van der Waals surface area contributed by atoms with E-state index in [1.54, 1.807) is 18.2 Å². The number of nitrogens with two attached hydrogens (primary N) is 1. The molecule has 6 heteroatoms. The van der Waals surface area contributed by atoms with Crippen molar-refractivity contribution in [3.8, 4) is 11.5 Å². The van der Waals surface area contributed by atoms with E-state index in [1.807, 2.05) is 0 Å². The maximum Gasteiger partial charge on any atom is 0.255 e. The van der Waals surface area contributed by atoms with E-state index in [0.717, 1.165) is 6.07 Å². The Morgan fingerprint density at radius 1 is 1.15 bits per heavy atom. The number of nitrogen functional groups attached to an aromatic ring is 1. The summed E-state index contributed by atoms with van der Waals surface area (Å²) in [5.41, 5.74) is 6.56. The average Bonchev–Trinajstić information content (AvgIpc) is 2.89. The van der Waals surface area contributed by atoms with Gasteiger partial charge in [0.1, 0.15) is 5.82 Å². The van der Waals surface area contributed by atoms with Gasteiger partial charge in [0.2, 0.25) is 6.79 Å². The van der Waals surface area contributed by atoms with Crippen molar-refractivity contribution in [3.63, 3.8) is 0 Å². The summed E-state index contributed by atoms with van der Waals surface area (Å²) in [5, 5.41) is 2.62. The minimum atomic E-state index is -0.455. The highest BCUT2D eigenvalue weighted by Gasteiger charge is 2.16. The van der Waals surface area contributed by atoms with Crippen LogP contribution in [-0.4, -0.2) is 12.7 Å². The van der Waals surface area contributed by atoms with E-state index < -0.39 is 5.82 Å². The molecule has 1 heterocycles. The van der Waals surface area contributed by atoms with Gasteiger partial charge in [-0.05, 0) is 36.4 Å². The third-order valence-corrected chi connectivity index (χ3v) is 2.90. The Hall–Kier alpha value is -2.76. The van der Waals surface area contributed by atoms with Crippen LogP contribution >= 0.6 is 0 Å². The number of carbonyl (C=O) groups is 1. The smallest absolute Gasteiger partial charge is 0.255 e. The quantitative estimate of drug-likeness (QED) is 0.825. The maximum atomic E-state index is 12.9. The number of halogens is 1. The van der Waals surface area contributed by atoms with Gasteiger partial charge in [0, 0.05) is 5.56 Å². The molecule has 102 valence electrons. The van der Waals surface area contributed by atoms with Crippen LogP contribution in [-0.2, 0) is 0 Å². The van der Waals surface area contributed by atoms with Crippen LogP contribution in [0.1, 0.15) is 10.4 Å². The number of hydrogen-bond donors (Lipinski definition) is 2. The van der Waals surface area contributed by atoms with Crippen molar-refractivity contribution < 1.29 is 18.7 Å². The van der Waals surface area contributed by atoms with E-state index in [9.17, 15) is 9.18 Å². The van der Waals surface area contributed by atoms with E-state index in [1.165, 1.54) is 12.1 Å². The summed E-state index contributed by atoms with van der Waals surface area (Å²) in [5.74, 6) is 0.303. The van der Waals surface area contributed by atoms with Gasteiger partial charge in [-0.3, -0.25) is 4.79 Å². The van der Waals surface area contributed by atoms with Gasteiger partial charge < -0.3 is 20.5 Å². The zero-order chi connectivity index (χ0) is 14.1. The second-order valence-electron chi connectivity index (χ2n) is 4.25. The standard InChI is InChI=1S/C14H11FN2O3/c15-9-2-3-11(10(16)6-9)17-14(18)8-1-4-12-13(5-8)20-7-19-12/h1-6H,7,16H2,(H,17,18). The molecule has 0 aliphatic carbocycles. The lowest BCUT2D eigenvalue weighted by molar-refractivity contribution is 0.102. The highest BCUT2D eigenvalue weighted by molar-refractivity contribution is 6.06. The van der Waals surface area contributed by atoms with Crippen molar-refractivity contribution in [1.82, 2.24) is 0 Å². The first kappa shape index (κ1) is 12.3. The molecule has 0 saturated carbocycles. The molecule has 0 fully saturated rings. The van der Waals surface area contributed by atoms with Gasteiger partial charge in [-0.1, -0.05) is 0 Å². The fourth-order valence-electron chi connectivity index (χ4n) is 1.88. The number of benzene rings is 2. The molecule has 0 saturated heterocycles. The third-order valence-electron chi connectivity index (χ3n) is 2.90. The highest BCUT2D eigenvalue weighted by atomic mass is 19.1. The molecule has 1 aliphatic heterocycles. The van der Waals surface area contributed by atoms with Crippen LogP contribution in [0.3, 0.4) is 0 Å². The number of hydrogen-bond acceptors (Lipinski definition) is 4. The van der Waals surface area contributed by atoms with Crippen LogP contribution < -0.4 is 20.5 Å². The second-order valence-corrected chi connectivity index (χ2v) is 4.25. The minimum absolute atomic E-state index is 0.144. The zero-order valence-electron chi connectivity index (χ0n) is 10.4. The summed E-state index contributed by atoms with van der Waals surface area (Å²) in [6.07, 6.45) is 0. The van der Waals surface area contributed by atoms with Gasteiger partial charge in [0.25, 0.3) is 5.91 Å². The Kier molecular flexibility index (Phi) is 2.90. The largest absolute Gasteiger partial charge is 0.454 e. The molecule has 0 aromatic heterocycles. The molecule has 1 amide bonds. The predicted molar refractivity (Wildman–Crippen MR) is 71.3 cm³/mol. The minimum Gasteiger partial charge on any atom is -0.454 e. The molecule has 3 N–H and O–H groups in total. The molecule has 0 bridgehead atoms. The number of nitrogens with one attached hydrogen (secondary N) is 1. The van der Waals surface area contributed by atoms with Crippen LogP contribution in [0, 0.1) is 5.82 Å². The second kappa shape index (κ2) is 4.73. The molecule has 1 aliphatic rings. The first-order valence-electron chi connectivity index (χ1n) is 5.89. The van der Waals surface area contributed by atoms with Gasteiger partial charge in [-0.15, -0.1) is 0 Å². The van der Waals surface area contributed by atoms with Crippen molar-refractivity contribution in [3.05, 3.63) is 47.8 Å². The molecule has 0 unspecified atom stereocenters. The highest BCUT2D eigenvalue weighted by Crippen LogP contribution is 2.32. The van der Waals surface area contributed by atoms with Crippen LogP contribution in [0.5, 0.6) is 11.5 Å². The summed E-state index contributed by atoms with van der Waals surface area (Å²) >= 11 is 0. The molecular weight excluding hydrogens is 263 g/mol. The maximum absolute atomic E-state index is 12.9. The molecule has 3 rings (SSSR count). The van der Waals surface area contributed by atoms with Crippen molar-refractivity contribution in [2.45, 2.75) is 0 Å². The normalized spacial score (nSPS) is 12.2. The lowest BCUT2D eigenvalue weighted by Crippen LogP contribution is -2.13. The summed E-state index contributed by atoms with van der Waals surface area (Å²) in [6.45, 7) is 0.144. The zero-order valence-corrected chi connectivity index (χ0v) is 10.4. The molecule has 20 heavy (non-hydrogen) atoms. The van der Waals surface area contributed by atoms with Crippen LogP contribution in [0.25, 0.3) is 0 Å². The number of fused-ring (bicyclic) bond motifs is 1. The lowest BCUT2D eigenvalue weighted by atomic mass is 10.1. The van der Waals surface area contributed by atoms with E-state index in [0.29, 0.717) is 22.7 Å². The van der Waals surface area contributed by atoms with Crippen molar-refractivity contribution in [2.24, 2.45) is 0 Å². The fourth-order valence-corrected chi connectivity index (χ4v) is 1.88. The average molecular weight is 274 g/mol. The van der Waals surface area contributed by atoms with E-state index >= 15 is 0 Å². The Morgan fingerprint density at radius 3 is 2.75 bits per heavy atom. The summed E-state index contributed by atoms with van der Waals surface area (Å²) in [6, 6.07) is 8.64. The van der Waals surface area contributed by atoms with Gasteiger partial charge >= 0.3 is 0 Å². The topological polar surface area (TPSA) is 73.6 Å². The molecule has 2 aromatic carbocycles.